The highest BCUT2D eigenvalue weighted by atomic mass is 16.5. The van der Waals surface area contributed by atoms with E-state index in [1.807, 2.05) is 63.6 Å². The number of likely N-dealkylation sites (tertiary alicyclic amines) is 2. The van der Waals surface area contributed by atoms with Gasteiger partial charge in [0, 0.05) is 23.0 Å². The first-order valence-electron chi connectivity index (χ1n) is 20.9. The maximum Gasteiger partial charge on any atom is 0.407 e. The van der Waals surface area contributed by atoms with E-state index in [0.29, 0.717) is 18.3 Å². The van der Waals surface area contributed by atoms with E-state index in [2.05, 4.69) is 57.0 Å². The summed E-state index contributed by atoms with van der Waals surface area (Å²) in [4.78, 5) is 72.6. The van der Waals surface area contributed by atoms with Gasteiger partial charge in [-0.1, -0.05) is 45.9 Å². The minimum absolute atomic E-state index is 0.0156. The zero-order valence-electron chi connectivity index (χ0n) is 35.4. The number of nitrogens with zero attached hydrogens (tertiary/aromatic N) is 4. The standard InChI is InChI=1S/C45H54N8O7/c1-22(2)37(50-44(56)58-7)42(54)52-24(5)9-15-34(52)40-46-20-33(48-40)27-11-13-29-28(17-27)21-60-36-19-30-26(18-31(29)36)12-14-32-39(30)49-41(47-32)35-16-10-25(6)53(35)43(55)38(23(3)4)51-45(57)59-8/h11-14,17-20,22-25,34-35,37-38H,9-10,15-16,21H2,1-8H3,(H,46,48)(H,47,49)(H,50,56)(H,51,57)/t24-,25-,34-,35?,37-,38-/m0/s1. The Hall–Kier alpha value is -6.12. The number of amides is 4. The van der Waals surface area contributed by atoms with E-state index in [-0.39, 0.29) is 47.8 Å². The zero-order chi connectivity index (χ0) is 42.6. The second-order valence-corrected chi connectivity index (χ2v) is 17.1. The molecule has 2 saturated heterocycles. The highest BCUT2D eigenvalue weighted by Gasteiger charge is 2.43. The van der Waals surface area contributed by atoms with Gasteiger partial charge in [0.1, 0.15) is 36.1 Å². The molecule has 4 N–H and O–H groups in total. The molecule has 5 aromatic rings. The molecule has 2 aromatic heterocycles. The van der Waals surface area contributed by atoms with E-state index in [1.165, 1.54) is 14.2 Å². The Morgan fingerprint density at radius 1 is 0.767 bits per heavy atom. The van der Waals surface area contributed by atoms with Crippen molar-refractivity contribution in [1.82, 2.24) is 40.4 Å². The predicted octanol–water partition coefficient (Wildman–Crippen LogP) is 7.53. The Morgan fingerprint density at radius 3 is 1.98 bits per heavy atom. The Kier molecular flexibility index (Phi) is 10.9. The van der Waals surface area contributed by atoms with Crippen LogP contribution in [0.5, 0.6) is 5.75 Å². The molecule has 4 amide bonds. The van der Waals surface area contributed by atoms with Crippen LogP contribution in [-0.2, 0) is 25.7 Å². The SMILES string of the molecule is COC(=O)N[C@H](C(=O)N1C(c2nc3ccc4cc5c(cc4c3[nH]2)OCc2cc(-c3cnc([C@@H]4CC[C@H](C)N4C(=O)[C@@H](NC(=O)OC)C(C)C)[nH]3)ccc2-5)CC[C@@H]1C)C(C)C. The molecule has 0 spiro atoms. The number of alkyl carbamates (subject to hydrolysis) is 2. The monoisotopic (exact) mass is 818 g/mol. The van der Waals surface area contributed by atoms with Crippen molar-refractivity contribution in [3.05, 3.63) is 65.9 Å². The van der Waals surface area contributed by atoms with Crippen LogP contribution >= 0.6 is 0 Å². The van der Waals surface area contributed by atoms with Crippen LogP contribution in [0.3, 0.4) is 0 Å². The Morgan fingerprint density at radius 2 is 1.38 bits per heavy atom. The Balaban J connectivity index is 1.05. The molecule has 0 radical (unpaired) electrons. The van der Waals surface area contributed by atoms with Crippen LogP contribution in [0.1, 0.15) is 96.5 Å². The highest BCUT2D eigenvalue weighted by Crippen LogP contribution is 2.44. The van der Waals surface area contributed by atoms with Gasteiger partial charge in [0.15, 0.2) is 0 Å². The van der Waals surface area contributed by atoms with Crippen molar-refractivity contribution < 1.29 is 33.4 Å². The van der Waals surface area contributed by atoms with E-state index in [1.54, 1.807) is 0 Å². The van der Waals surface area contributed by atoms with Crippen molar-refractivity contribution in [2.24, 2.45) is 11.8 Å². The molecule has 0 aliphatic carbocycles. The van der Waals surface area contributed by atoms with E-state index in [9.17, 15) is 19.2 Å². The van der Waals surface area contributed by atoms with E-state index in [0.717, 1.165) is 81.2 Å². The number of hydrogen-bond acceptors (Lipinski definition) is 9. The first kappa shape index (κ1) is 40.7. The number of aromatic nitrogens is 4. The number of carbonyl (C=O) groups is 4. The van der Waals surface area contributed by atoms with Crippen LogP contribution in [-0.4, -0.2) is 92.1 Å². The van der Waals surface area contributed by atoms with Crippen LogP contribution < -0.4 is 15.4 Å². The van der Waals surface area contributed by atoms with Crippen LogP contribution in [0.4, 0.5) is 9.59 Å². The summed E-state index contributed by atoms with van der Waals surface area (Å²) in [5.74, 6) is 1.63. The summed E-state index contributed by atoms with van der Waals surface area (Å²) in [6.45, 7) is 12.1. The molecule has 3 aliphatic rings. The lowest BCUT2D eigenvalue weighted by Crippen LogP contribution is -2.52. The molecule has 0 saturated carbocycles. The third-order valence-corrected chi connectivity index (χ3v) is 12.5. The van der Waals surface area contributed by atoms with Gasteiger partial charge in [-0.25, -0.2) is 19.6 Å². The lowest BCUT2D eigenvalue weighted by Gasteiger charge is -2.32. The molecule has 3 aliphatic heterocycles. The number of aromatic amines is 2. The van der Waals surface area contributed by atoms with E-state index < -0.39 is 24.3 Å². The molecule has 8 rings (SSSR count). The average Bonchev–Trinajstić information content (AvgIpc) is 4.06. The largest absolute Gasteiger partial charge is 0.488 e. The van der Waals surface area contributed by atoms with Gasteiger partial charge in [-0.3, -0.25) is 9.59 Å². The molecule has 3 aromatic carbocycles. The molecule has 5 heterocycles. The molecule has 6 atom stereocenters. The third kappa shape index (κ3) is 7.27. The fourth-order valence-electron chi connectivity index (χ4n) is 9.26. The maximum absolute atomic E-state index is 14.0. The molecule has 316 valence electrons. The quantitative estimate of drug-likeness (QED) is 0.117. The minimum Gasteiger partial charge on any atom is -0.488 e. The number of nitrogens with one attached hydrogen (secondary N) is 4. The molecule has 1 unspecified atom stereocenters. The van der Waals surface area contributed by atoms with Gasteiger partial charge in [-0.05, 0) is 97.7 Å². The van der Waals surface area contributed by atoms with Crippen molar-refractivity contribution in [2.75, 3.05) is 14.2 Å². The number of hydrogen-bond donors (Lipinski definition) is 4. The predicted molar refractivity (Wildman–Crippen MR) is 226 cm³/mol. The number of benzene rings is 3. The minimum atomic E-state index is -0.726. The summed E-state index contributed by atoms with van der Waals surface area (Å²) in [7, 11) is 2.59. The smallest absolute Gasteiger partial charge is 0.407 e. The van der Waals surface area contributed by atoms with Crippen molar-refractivity contribution in [1.29, 1.82) is 0 Å². The van der Waals surface area contributed by atoms with Gasteiger partial charge in [-0.15, -0.1) is 0 Å². The number of rotatable bonds is 9. The van der Waals surface area contributed by atoms with Gasteiger partial charge in [0.25, 0.3) is 0 Å². The second kappa shape index (κ2) is 16.1. The van der Waals surface area contributed by atoms with Gasteiger partial charge in [-0.2, -0.15) is 0 Å². The van der Waals surface area contributed by atoms with Crippen molar-refractivity contribution in [2.45, 2.75) is 110 Å². The molecule has 15 heteroatoms. The van der Waals surface area contributed by atoms with E-state index >= 15 is 0 Å². The molecule has 0 bridgehead atoms. The number of H-pyrrole nitrogens is 2. The normalized spacial score (nSPS) is 20.8. The number of ether oxygens (including phenoxy) is 3. The fourth-order valence-corrected chi connectivity index (χ4v) is 9.26. The van der Waals surface area contributed by atoms with Crippen LogP contribution in [0.15, 0.2) is 48.7 Å². The summed E-state index contributed by atoms with van der Waals surface area (Å²) >= 11 is 0. The molecule has 2 fully saturated rings. The zero-order valence-corrected chi connectivity index (χ0v) is 35.4. The van der Waals surface area contributed by atoms with Gasteiger partial charge in [0.2, 0.25) is 11.8 Å². The Bertz CT molecular complexity index is 2470. The number of methoxy groups -OCH3 is 2. The molecule has 15 nitrogen and oxygen atoms in total. The van der Waals surface area contributed by atoms with Crippen molar-refractivity contribution >= 4 is 45.8 Å². The number of fused-ring (bicyclic) bond motifs is 6. The number of imidazole rings is 2. The first-order chi connectivity index (χ1) is 28.8. The second-order valence-electron chi connectivity index (χ2n) is 17.1. The highest BCUT2D eigenvalue weighted by molar-refractivity contribution is 6.07. The van der Waals surface area contributed by atoms with Gasteiger partial charge >= 0.3 is 12.2 Å². The summed E-state index contributed by atoms with van der Waals surface area (Å²) in [5, 5.41) is 7.46. The van der Waals surface area contributed by atoms with Crippen LogP contribution in [0.25, 0.3) is 44.2 Å². The van der Waals surface area contributed by atoms with Crippen molar-refractivity contribution in [3.63, 3.8) is 0 Å². The lowest BCUT2D eigenvalue weighted by atomic mass is 9.92. The third-order valence-electron chi connectivity index (χ3n) is 12.5. The summed E-state index contributed by atoms with van der Waals surface area (Å²) in [6, 6.07) is 12.6. The topological polar surface area (TPSA) is 184 Å². The van der Waals surface area contributed by atoms with Crippen LogP contribution in [0.2, 0.25) is 0 Å². The molecular weight excluding hydrogens is 765 g/mol. The first-order valence-corrected chi connectivity index (χ1v) is 20.9. The summed E-state index contributed by atoms with van der Waals surface area (Å²) in [5.41, 5.74) is 6.59. The fraction of sp³-hybridized carbons (Fsp3) is 0.467. The number of carbonyl (C=O) groups excluding carboxylic acids is 4. The Labute approximate surface area is 348 Å². The summed E-state index contributed by atoms with van der Waals surface area (Å²) < 4.78 is 16.1. The van der Waals surface area contributed by atoms with Gasteiger partial charge < -0.3 is 44.6 Å². The molecule has 60 heavy (non-hydrogen) atoms. The van der Waals surface area contributed by atoms with Crippen LogP contribution in [0, 0.1) is 11.8 Å². The molecular formula is C45H54N8O7. The average molecular weight is 819 g/mol. The maximum atomic E-state index is 14.0. The summed E-state index contributed by atoms with van der Waals surface area (Å²) in [6.07, 6.45) is 3.69. The van der Waals surface area contributed by atoms with E-state index in [4.69, 9.17) is 24.2 Å². The lowest BCUT2D eigenvalue weighted by molar-refractivity contribution is -0.138. The van der Waals surface area contributed by atoms with Crippen molar-refractivity contribution in [3.8, 4) is 28.1 Å². The van der Waals surface area contributed by atoms with Gasteiger partial charge in [0.05, 0.1) is 49.2 Å².